The largest absolute Gasteiger partial charge is 0.231 e. The number of rotatable bonds is 0. The Morgan fingerprint density at radius 2 is 2.00 bits per heavy atom. The molecule has 0 aliphatic carbocycles. The van der Waals surface area contributed by atoms with Gasteiger partial charge in [-0.05, 0) is 36.4 Å². The zero-order valence-electron chi connectivity index (χ0n) is 6.14. The van der Waals surface area contributed by atoms with Gasteiger partial charge in [-0.3, -0.25) is 0 Å². The van der Waals surface area contributed by atoms with Crippen LogP contribution in [0.3, 0.4) is 0 Å². The SMILES string of the molecule is Cc1nc2sc(C)c(I)c2s1. The van der Waals surface area contributed by atoms with E-state index < -0.39 is 0 Å². The van der Waals surface area contributed by atoms with Gasteiger partial charge in [0.2, 0.25) is 0 Å². The van der Waals surface area contributed by atoms with E-state index in [-0.39, 0.29) is 0 Å². The first kappa shape index (κ1) is 7.94. The Labute approximate surface area is 86.6 Å². The van der Waals surface area contributed by atoms with E-state index in [0.29, 0.717) is 0 Å². The summed E-state index contributed by atoms with van der Waals surface area (Å²) < 4.78 is 2.75. The second-order valence-electron chi connectivity index (χ2n) is 2.34. The summed E-state index contributed by atoms with van der Waals surface area (Å²) in [4.78, 5) is 7.02. The normalized spacial score (nSPS) is 11.2. The first-order valence-corrected chi connectivity index (χ1v) is 5.91. The average molecular weight is 295 g/mol. The summed E-state index contributed by atoms with van der Waals surface area (Å²) in [6, 6.07) is 0. The standard InChI is InChI=1S/C7H6INS2/c1-3-5(8)6-7(10-3)9-4(2)11-6/h1-2H3. The lowest BCUT2D eigenvalue weighted by atomic mass is 10.5. The fourth-order valence-corrected chi connectivity index (χ4v) is 4.10. The molecule has 2 rings (SSSR count). The molecule has 2 aromatic rings. The molecule has 0 saturated heterocycles. The highest BCUT2D eigenvalue weighted by molar-refractivity contribution is 14.1. The lowest BCUT2D eigenvalue weighted by Crippen LogP contribution is -1.63. The quantitative estimate of drug-likeness (QED) is 0.677. The number of halogens is 1. The van der Waals surface area contributed by atoms with Crippen LogP contribution in [0, 0.1) is 17.4 Å². The lowest BCUT2D eigenvalue weighted by Gasteiger charge is -1.82. The van der Waals surface area contributed by atoms with E-state index in [4.69, 9.17) is 0 Å². The number of thiophene rings is 1. The van der Waals surface area contributed by atoms with Crippen LogP contribution in [-0.2, 0) is 0 Å². The molecule has 0 fully saturated rings. The molecule has 0 radical (unpaired) electrons. The van der Waals surface area contributed by atoms with Crippen LogP contribution in [0.1, 0.15) is 9.88 Å². The molecular weight excluding hydrogens is 289 g/mol. The zero-order valence-corrected chi connectivity index (χ0v) is 9.93. The smallest absolute Gasteiger partial charge is 0.135 e. The summed E-state index contributed by atoms with van der Waals surface area (Å²) in [5.74, 6) is 0. The van der Waals surface area contributed by atoms with Crippen LogP contribution in [0.4, 0.5) is 0 Å². The van der Waals surface area contributed by atoms with Gasteiger partial charge in [-0.15, -0.1) is 22.7 Å². The third-order valence-corrected chi connectivity index (χ3v) is 5.66. The molecule has 0 saturated carbocycles. The maximum atomic E-state index is 4.43. The van der Waals surface area contributed by atoms with Gasteiger partial charge in [-0.25, -0.2) is 4.98 Å². The van der Waals surface area contributed by atoms with Gasteiger partial charge in [0, 0.05) is 8.45 Å². The van der Waals surface area contributed by atoms with Gasteiger partial charge in [0.25, 0.3) is 0 Å². The first-order chi connectivity index (χ1) is 5.18. The molecule has 1 nitrogen and oxygen atoms in total. The van der Waals surface area contributed by atoms with Crippen molar-refractivity contribution in [3.63, 3.8) is 0 Å². The molecule has 0 aliphatic rings. The first-order valence-electron chi connectivity index (χ1n) is 3.20. The minimum absolute atomic E-state index is 1.17. The molecule has 0 aliphatic heterocycles. The van der Waals surface area contributed by atoms with E-state index in [1.54, 1.807) is 22.7 Å². The number of thiazole rings is 1. The Balaban J connectivity index is 2.88. The van der Waals surface area contributed by atoms with Crippen molar-refractivity contribution in [2.75, 3.05) is 0 Å². The van der Waals surface area contributed by atoms with Crippen molar-refractivity contribution < 1.29 is 0 Å². The van der Waals surface area contributed by atoms with E-state index in [0.717, 1.165) is 0 Å². The van der Waals surface area contributed by atoms with Crippen LogP contribution >= 0.6 is 45.3 Å². The van der Waals surface area contributed by atoms with Crippen LogP contribution in [0.5, 0.6) is 0 Å². The molecular formula is C7H6INS2. The van der Waals surface area contributed by atoms with Crippen LogP contribution in [-0.4, -0.2) is 4.98 Å². The van der Waals surface area contributed by atoms with E-state index in [1.165, 1.54) is 23.0 Å². The van der Waals surface area contributed by atoms with Gasteiger partial charge in [0.15, 0.2) is 0 Å². The summed E-state index contributed by atoms with van der Waals surface area (Å²) >= 11 is 5.97. The molecule has 0 N–H and O–H groups in total. The van der Waals surface area contributed by atoms with Crippen LogP contribution in [0.2, 0.25) is 0 Å². The molecule has 58 valence electrons. The Bertz CT molecular complexity index is 402. The Morgan fingerprint density at radius 1 is 1.27 bits per heavy atom. The monoisotopic (exact) mass is 295 g/mol. The second kappa shape index (κ2) is 2.67. The molecule has 0 bridgehead atoms. The fraction of sp³-hybridized carbons (Fsp3) is 0.286. The van der Waals surface area contributed by atoms with Crippen LogP contribution in [0.15, 0.2) is 0 Å². The van der Waals surface area contributed by atoms with Crippen molar-refractivity contribution in [1.82, 2.24) is 4.98 Å². The topological polar surface area (TPSA) is 12.9 Å². The van der Waals surface area contributed by atoms with E-state index in [9.17, 15) is 0 Å². The highest BCUT2D eigenvalue weighted by atomic mass is 127. The van der Waals surface area contributed by atoms with E-state index >= 15 is 0 Å². The van der Waals surface area contributed by atoms with Crippen molar-refractivity contribution in [3.8, 4) is 0 Å². The molecule has 0 amide bonds. The minimum atomic E-state index is 1.17. The molecule has 2 heterocycles. The van der Waals surface area contributed by atoms with Crippen molar-refractivity contribution >= 4 is 54.8 Å². The summed E-state index contributed by atoms with van der Waals surface area (Å²) in [5.41, 5.74) is 0. The van der Waals surface area contributed by atoms with Gasteiger partial charge >= 0.3 is 0 Å². The van der Waals surface area contributed by atoms with Crippen molar-refractivity contribution in [1.29, 1.82) is 0 Å². The summed E-state index contributed by atoms with van der Waals surface area (Å²) in [6.45, 7) is 4.21. The zero-order chi connectivity index (χ0) is 8.01. The number of hydrogen-bond donors (Lipinski definition) is 0. The third-order valence-electron chi connectivity index (χ3n) is 1.46. The van der Waals surface area contributed by atoms with Gasteiger partial charge in [0.05, 0.1) is 9.71 Å². The number of hydrogen-bond acceptors (Lipinski definition) is 3. The minimum Gasteiger partial charge on any atom is -0.231 e. The highest BCUT2D eigenvalue weighted by Crippen LogP contribution is 2.35. The van der Waals surface area contributed by atoms with Gasteiger partial charge < -0.3 is 0 Å². The predicted octanol–water partition coefficient (Wildman–Crippen LogP) is 3.58. The van der Waals surface area contributed by atoms with Gasteiger partial charge in [-0.2, -0.15) is 0 Å². The highest BCUT2D eigenvalue weighted by Gasteiger charge is 2.09. The van der Waals surface area contributed by atoms with E-state index in [2.05, 4.69) is 41.4 Å². The molecule has 0 spiro atoms. The number of fused-ring (bicyclic) bond motifs is 1. The van der Waals surface area contributed by atoms with Crippen molar-refractivity contribution in [3.05, 3.63) is 13.5 Å². The molecule has 0 aromatic carbocycles. The summed E-state index contributed by atoms with van der Waals surface area (Å²) in [6.07, 6.45) is 0. The van der Waals surface area contributed by atoms with Gasteiger partial charge in [-0.1, -0.05) is 0 Å². The van der Waals surface area contributed by atoms with Crippen LogP contribution < -0.4 is 0 Å². The predicted molar refractivity (Wildman–Crippen MR) is 59.7 cm³/mol. The molecule has 0 unspecified atom stereocenters. The lowest BCUT2D eigenvalue weighted by molar-refractivity contribution is 1.36. The molecule has 2 aromatic heterocycles. The molecule has 4 heteroatoms. The number of aromatic nitrogens is 1. The average Bonchev–Trinajstić information content (AvgIpc) is 2.37. The Hall–Kier alpha value is 0.320. The van der Waals surface area contributed by atoms with Crippen molar-refractivity contribution in [2.24, 2.45) is 0 Å². The fourth-order valence-electron chi connectivity index (χ4n) is 0.966. The Kier molecular flexibility index (Phi) is 1.93. The van der Waals surface area contributed by atoms with Crippen molar-refractivity contribution in [2.45, 2.75) is 13.8 Å². The summed E-state index contributed by atoms with van der Waals surface area (Å²) in [7, 11) is 0. The molecule has 0 atom stereocenters. The van der Waals surface area contributed by atoms with Gasteiger partial charge in [0.1, 0.15) is 4.83 Å². The maximum Gasteiger partial charge on any atom is 0.135 e. The number of nitrogens with zero attached hydrogens (tertiary/aromatic N) is 1. The number of aryl methyl sites for hydroxylation is 2. The van der Waals surface area contributed by atoms with E-state index in [1.807, 2.05) is 0 Å². The maximum absolute atomic E-state index is 4.43. The third kappa shape index (κ3) is 1.21. The second-order valence-corrected chi connectivity index (χ2v) is 5.82. The Morgan fingerprint density at radius 3 is 2.64 bits per heavy atom. The summed E-state index contributed by atoms with van der Waals surface area (Å²) in [5, 5.41) is 1.17. The molecule has 11 heavy (non-hydrogen) atoms. The van der Waals surface area contributed by atoms with Crippen LogP contribution in [0.25, 0.3) is 9.53 Å².